The van der Waals surface area contributed by atoms with Gasteiger partial charge in [0, 0.05) is 5.70 Å². The fourth-order valence-electron chi connectivity index (χ4n) is 4.96. The number of benzene rings is 3. The minimum absolute atomic E-state index is 0.185. The van der Waals surface area contributed by atoms with Gasteiger partial charge in [-0.25, -0.2) is 9.59 Å². The number of esters is 1. The quantitative estimate of drug-likeness (QED) is 0.0834. The lowest BCUT2D eigenvalue weighted by Crippen LogP contribution is -2.45. The lowest BCUT2D eigenvalue weighted by molar-refractivity contribution is -0.136. The van der Waals surface area contributed by atoms with Crippen LogP contribution in [0.4, 0.5) is 4.79 Å². The number of urea groups is 1. The number of hydrogen-bond donors (Lipinski definition) is 4. The van der Waals surface area contributed by atoms with Crippen LogP contribution in [0.3, 0.4) is 0 Å². The molecule has 0 fully saturated rings. The molecule has 3 aromatic carbocycles. The van der Waals surface area contributed by atoms with Crippen LogP contribution < -0.4 is 44.5 Å². The number of aliphatic hydroxyl groups is 1. The SMILES string of the molecule is CCOc1cc([C@H]2NC(=O)NC(C)=C2C(=O)OC)ccc1OC[C@@H](O)N/N=C\c1cc(Cl)c(OCc2ccc3c(c2)OCO3)c(OC)c1. The maximum atomic E-state index is 12.5. The highest BCUT2D eigenvalue weighted by Crippen LogP contribution is 2.38. The highest BCUT2D eigenvalue weighted by molar-refractivity contribution is 6.32. The van der Waals surface area contributed by atoms with Crippen molar-refractivity contribution in [2.75, 3.05) is 34.2 Å². The van der Waals surface area contributed by atoms with Gasteiger partial charge in [-0.15, -0.1) is 0 Å². The Labute approximate surface area is 281 Å². The summed E-state index contributed by atoms with van der Waals surface area (Å²) in [6.45, 7) is 3.96. The molecule has 2 atom stereocenters. The Balaban J connectivity index is 1.19. The molecular weight excluding hydrogens is 648 g/mol. The van der Waals surface area contributed by atoms with Crippen LogP contribution in [0.5, 0.6) is 34.5 Å². The Hall–Kier alpha value is -5.34. The third-order valence-corrected chi connectivity index (χ3v) is 7.46. The van der Waals surface area contributed by atoms with Crippen molar-refractivity contribution in [1.82, 2.24) is 16.1 Å². The van der Waals surface area contributed by atoms with Crippen LogP contribution in [0, 0.1) is 0 Å². The van der Waals surface area contributed by atoms with Crippen molar-refractivity contribution < 1.29 is 47.9 Å². The number of nitrogens with one attached hydrogen (secondary N) is 3. The van der Waals surface area contributed by atoms with Crippen LogP contribution in [0.15, 0.2) is 64.9 Å². The van der Waals surface area contributed by atoms with E-state index in [-0.39, 0.29) is 25.6 Å². The lowest BCUT2D eigenvalue weighted by atomic mass is 9.95. The third kappa shape index (κ3) is 7.96. The monoisotopic (exact) mass is 682 g/mol. The zero-order chi connectivity index (χ0) is 34.2. The van der Waals surface area contributed by atoms with Gasteiger partial charge in [-0.1, -0.05) is 23.7 Å². The topological polar surface area (TPSA) is 167 Å². The molecule has 2 heterocycles. The summed E-state index contributed by atoms with van der Waals surface area (Å²) in [6.07, 6.45) is 0.263. The molecule has 254 valence electrons. The molecule has 0 saturated heterocycles. The average molecular weight is 683 g/mol. The van der Waals surface area contributed by atoms with E-state index in [4.69, 9.17) is 44.8 Å². The Morgan fingerprint density at radius 3 is 2.67 bits per heavy atom. The van der Waals surface area contributed by atoms with Gasteiger partial charge >= 0.3 is 12.0 Å². The summed E-state index contributed by atoms with van der Waals surface area (Å²) in [6, 6.07) is 12.6. The Kier molecular flexibility index (Phi) is 11.0. The van der Waals surface area contributed by atoms with E-state index in [1.165, 1.54) is 20.4 Å². The van der Waals surface area contributed by atoms with Crippen molar-refractivity contribution in [3.8, 4) is 34.5 Å². The molecule has 0 aromatic heterocycles. The molecule has 2 aliphatic heterocycles. The normalized spacial score (nSPS) is 15.8. The number of carbonyl (C=O) groups is 2. The molecule has 0 aliphatic carbocycles. The highest BCUT2D eigenvalue weighted by Gasteiger charge is 2.32. The van der Waals surface area contributed by atoms with Gasteiger partial charge < -0.3 is 48.9 Å². The fraction of sp³-hybridized carbons (Fsp3) is 0.303. The molecule has 0 unspecified atom stereocenters. The van der Waals surface area contributed by atoms with E-state index in [1.807, 2.05) is 18.2 Å². The smallest absolute Gasteiger partial charge is 0.337 e. The minimum Gasteiger partial charge on any atom is -0.493 e. The number of fused-ring (bicyclic) bond motifs is 1. The van der Waals surface area contributed by atoms with E-state index >= 15 is 0 Å². The molecule has 2 amide bonds. The number of hydrogen-bond acceptors (Lipinski definition) is 12. The molecule has 48 heavy (non-hydrogen) atoms. The summed E-state index contributed by atoms with van der Waals surface area (Å²) in [5.74, 6) is 2.20. The number of ether oxygens (including phenoxy) is 7. The highest BCUT2D eigenvalue weighted by atomic mass is 35.5. The molecule has 5 rings (SSSR count). The Bertz CT molecular complexity index is 1730. The van der Waals surface area contributed by atoms with Gasteiger partial charge in [-0.3, -0.25) is 5.43 Å². The number of carbonyl (C=O) groups excluding carboxylic acids is 2. The lowest BCUT2D eigenvalue weighted by Gasteiger charge is -2.28. The van der Waals surface area contributed by atoms with E-state index in [1.54, 1.807) is 44.2 Å². The number of methoxy groups -OCH3 is 2. The molecule has 0 radical (unpaired) electrons. The summed E-state index contributed by atoms with van der Waals surface area (Å²) < 4.78 is 38.7. The van der Waals surface area contributed by atoms with Crippen LogP contribution in [-0.2, 0) is 16.1 Å². The fourth-order valence-corrected chi connectivity index (χ4v) is 5.23. The van der Waals surface area contributed by atoms with E-state index < -0.39 is 24.3 Å². The number of aliphatic hydroxyl groups excluding tert-OH is 1. The van der Waals surface area contributed by atoms with E-state index in [2.05, 4.69) is 21.2 Å². The number of hydrazone groups is 1. The summed E-state index contributed by atoms with van der Waals surface area (Å²) in [5, 5.41) is 20.2. The average Bonchev–Trinajstić information content (AvgIpc) is 3.54. The zero-order valence-corrected chi connectivity index (χ0v) is 27.4. The predicted molar refractivity (Wildman–Crippen MR) is 174 cm³/mol. The maximum Gasteiger partial charge on any atom is 0.337 e. The summed E-state index contributed by atoms with van der Waals surface area (Å²) in [7, 11) is 2.77. The number of amides is 2. The number of nitrogens with zero attached hydrogens (tertiary/aromatic N) is 1. The molecule has 0 bridgehead atoms. The van der Waals surface area contributed by atoms with Gasteiger partial charge in [0.05, 0.1) is 43.7 Å². The molecule has 4 N–H and O–H groups in total. The largest absolute Gasteiger partial charge is 0.493 e. The van der Waals surface area contributed by atoms with Gasteiger partial charge in [0.2, 0.25) is 6.79 Å². The van der Waals surface area contributed by atoms with Crippen LogP contribution in [0.2, 0.25) is 5.02 Å². The van der Waals surface area contributed by atoms with Crippen LogP contribution in [-0.4, -0.2) is 63.8 Å². The Morgan fingerprint density at radius 2 is 1.90 bits per heavy atom. The van der Waals surface area contributed by atoms with E-state index in [0.717, 1.165) is 5.56 Å². The first kappa shape index (κ1) is 34.0. The first-order chi connectivity index (χ1) is 23.2. The summed E-state index contributed by atoms with van der Waals surface area (Å²) in [4.78, 5) is 24.6. The maximum absolute atomic E-state index is 12.5. The van der Waals surface area contributed by atoms with Gasteiger partial charge in [-0.05, 0) is 66.9 Å². The zero-order valence-electron chi connectivity index (χ0n) is 26.6. The van der Waals surface area contributed by atoms with Crippen molar-refractivity contribution >= 4 is 29.8 Å². The molecular formula is C33H35ClN4O10. The minimum atomic E-state index is -1.20. The molecule has 14 nitrogen and oxygen atoms in total. The molecule has 0 spiro atoms. The second kappa shape index (κ2) is 15.5. The molecule has 15 heteroatoms. The van der Waals surface area contributed by atoms with Crippen molar-refractivity contribution in [2.24, 2.45) is 5.10 Å². The molecule has 2 aliphatic rings. The Morgan fingerprint density at radius 1 is 1.08 bits per heavy atom. The van der Waals surface area contributed by atoms with Crippen LogP contribution in [0.1, 0.15) is 36.6 Å². The second-order valence-electron chi connectivity index (χ2n) is 10.4. The third-order valence-electron chi connectivity index (χ3n) is 7.18. The van der Waals surface area contributed by atoms with Gasteiger partial charge in [0.15, 0.2) is 40.7 Å². The van der Waals surface area contributed by atoms with E-state index in [0.29, 0.717) is 63.0 Å². The van der Waals surface area contributed by atoms with E-state index in [9.17, 15) is 14.7 Å². The van der Waals surface area contributed by atoms with Crippen LogP contribution >= 0.6 is 11.6 Å². The van der Waals surface area contributed by atoms with Gasteiger partial charge in [0.25, 0.3) is 0 Å². The van der Waals surface area contributed by atoms with Crippen molar-refractivity contribution in [1.29, 1.82) is 0 Å². The van der Waals surface area contributed by atoms with Crippen molar-refractivity contribution in [3.63, 3.8) is 0 Å². The van der Waals surface area contributed by atoms with Gasteiger partial charge in [-0.2, -0.15) is 5.10 Å². The molecule has 0 saturated carbocycles. The van der Waals surface area contributed by atoms with Crippen molar-refractivity contribution in [2.45, 2.75) is 32.7 Å². The van der Waals surface area contributed by atoms with Crippen molar-refractivity contribution in [3.05, 3.63) is 81.5 Å². The number of rotatable bonds is 14. The predicted octanol–water partition coefficient (Wildman–Crippen LogP) is 4.18. The first-order valence-corrected chi connectivity index (χ1v) is 15.2. The summed E-state index contributed by atoms with van der Waals surface area (Å²) >= 11 is 6.52. The van der Waals surface area contributed by atoms with Crippen LogP contribution in [0.25, 0.3) is 0 Å². The number of halogens is 1. The first-order valence-electron chi connectivity index (χ1n) is 14.8. The molecule has 3 aromatic rings. The summed E-state index contributed by atoms with van der Waals surface area (Å²) in [5.41, 5.74) is 5.26. The van der Waals surface area contributed by atoms with Gasteiger partial charge in [0.1, 0.15) is 13.2 Å². The second-order valence-corrected chi connectivity index (χ2v) is 10.8. The number of allylic oxidation sites excluding steroid dienone is 1. The standard InChI is InChI=1S/C33H35ClN4O10/c1-5-44-26-13-21(30-29(32(40)43-4)18(2)36-33(41)37-30)7-9-23(26)45-16-28(39)38-35-14-20-10-22(34)31(27(12-20)42-3)46-15-19-6-8-24-25(11-19)48-17-47-24/h6-14,28,30,38-39H,5,15-17H2,1-4H3,(H2,36,37,41)/b35-14-/t28-,30-/m1/s1.